The first-order valence-electron chi connectivity index (χ1n) is 10.3. The molecule has 1 N–H and O–H groups in total. The summed E-state index contributed by atoms with van der Waals surface area (Å²) < 4.78 is 27.5. The highest BCUT2D eigenvalue weighted by Gasteiger charge is 2.30. The second-order valence-corrected chi connectivity index (χ2v) is 10.4. The molecule has 0 aromatic heterocycles. The second kappa shape index (κ2) is 9.63. The Balaban J connectivity index is 1.66. The van der Waals surface area contributed by atoms with Gasteiger partial charge in [0.05, 0.1) is 11.1 Å². The number of nitrogens with zero attached hydrogens (tertiary/aromatic N) is 1. The average molecular weight is 489 g/mol. The largest absolute Gasteiger partial charge is 0.341 e. The molecule has 4 rings (SSSR count). The summed E-state index contributed by atoms with van der Waals surface area (Å²) in [5.74, 6) is -0.400. The van der Waals surface area contributed by atoms with E-state index in [1.165, 1.54) is 22.5 Å². The predicted octanol–water partition coefficient (Wildman–Crippen LogP) is 5.30. The van der Waals surface area contributed by atoms with Crippen LogP contribution in [0, 0.1) is 0 Å². The Labute approximate surface area is 198 Å². The lowest BCUT2D eigenvalue weighted by Crippen LogP contribution is -2.30. The molecule has 32 heavy (non-hydrogen) atoms. The second-order valence-electron chi connectivity index (χ2n) is 7.63. The van der Waals surface area contributed by atoms with Crippen molar-refractivity contribution in [2.75, 3.05) is 13.1 Å². The topological polar surface area (TPSA) is 66.5 Å². The summed E-state index contributed by atoms with van der Waals surface area (Å²) in [4.78, 5) is 13.1. The Kier molecular flexibility index (Phi) is 6.86. The number of halogens is 2. The van der Waals surface area contributed by atoms with Gasteiger partial charge in [-0.25, -0.2) is 8.42 Å². The molecule has 0 radical (unpaired) electrons. The highest BCUT2D eigenvalue weighted by Crippen LogP contribution is 2.29. The van der Waals surface area contributed by atoms with Gasteiger partial charge in [-0.05, 0) is 54.3 Å². The predicted molar refractivity (Wildman–Crippen MR) is 127 cm³/mol. The van der Waals surface area contributed by atoms with E-state index in [0.29, 0.717) is 18.1 Å². The van der Waals surface area contributed by atoms with Crippen molar-refractivity contribution < 1.29 is 13.2 Å². The molecule has 5 nitrogen and oxygen atoms in total. The van der Waals surface area contributed by atoms with Gasteiger partial charge in [0.25, 0.3) is 5.91 Å². The molecule has 1 fully saturated rings. The van der Waals surface area contributed by atoms with Gasteiger partial charge < -0.3 is 5.32 Å². The van der Waals surface area contributed by atoms with Crippen LogP contribution in [0.4, 0.5) is 0 Å². The van der Waals surface area contributed by atoms with Gasteiger partial charge >= 0.3 is 0 Å². The molecule has 1 aliphatic rings. The maximum absolute atomic E-state index is 13.2. The molecule has 3 aromatic rings. The van der Waals surface area contributed by atoms with Crippen molar-refractivity contribution >= 4 is 39.1 Å². The number of amides is 1. The fourth-order valence-electron chi connectivity index (χ4n) is 3.78. The Morgan fingerprint density at radius 1 is 0.875 bits per heavy atom. The molecule has 1 unspecified atom stereocenters. The quantitative estimate of drug-likeness (QED) is 0.511. The van der Waals surface area contributed by atoms with E-state index in [9.17, 15) is 13.2 Å². The third-order valence-electron chi connectivity index (χ3n) is 5.49. The van der Waals surface area contributed by atoms with Crippen LogP contribution in [0.5, 0.6) is 0 Å². The third kappa shape index (κ3) is 4.84. The van der Waals surface area contributed by atoms with Crippen LogP contribution in [-0.4, -0.2) is 31.7 Å². The number of hydrogen-bond acceptors (Lipinski definition) is 3. The van der Waals surface area contributed by atoms with Gasteiger partial charge in [-0.2, -0.15) is 4.31 Å². The van der Waals surface area contributed by atoms with Crippen LogP contribution < -0.4 is 5.32 Å². The zero-order valence-corrected chi connectivity index (χ0v) is 19.5. The minimum Gasteiger partial charge on any atom is -0.341 e. The van der Waals surface area contributed by atoms with E-state index in [-0.39, 0.29) is 15.5 Å². The standard InChI is InChI=1S/C24H22Cl2N2O3S/c25-20-11-8-18(9-12-20)23(17-6-2-1-3-7-17)27-24(29)19-10-13-21(26)22(16-19)32(30,31)28-14-4-5-15-28/h1-3,6-13,16,23H,4-5,14-15H2,(H,27,29). The van der Waals surface area contributed by atoms with E-state index >= 15 is 0 Å². The van der Waals surface area contributed by atoms with Crippen molar-refractivity contribution in [2.45, 2.75) is 23.8 Å². The summed E-state index contributed by atoms with van der Waals surface area (Å²) in [5.41, 5.74) is 1.97. The Morgan fingerprint density at radius 2 is 1.50 bits per heavy atom. The normalized spacial score (nSPS) is 15.4. The smallest absolute Gasteiger partial charge is 0.252 e. The number of benzene rings is 3. The van der Waals surface area contributed by atoms with Gasteiger partial charge in [-0.15, -0.1) is 0 Å². The molecule has 0 spiro atoms. The van der Waals surface area contributed by atoms with Gasteiger partial charge in [0, 0.05) is 23.7 Å². The molecule has 1 saturated heterocycles. The first-order chi connectivity index (χ1) is 15.4. The zero-order chi connectivity index (χ0) is 22.7. The summed E-state index contributed by atoms with van der Waals surface area (Å²) >= 11 is 12.3. The van der Waals surface area contributed by atoms with Crippen molar-refractivity contribution in [3.63, 3.8) is 0 Å². The molecule has 166 valence electrons. The fourth-order valence-corrected chi connectivity index (χ4v) is 5.93. The Hall–Kier alpha value is -2.38. The number of sulfonamides is 1. The van der Waals surface area contributed by atoms with E-state index in [2.05, 4.69) is 5.32 Å². The van der Waals surface area contributed by atoms with Crippen molar-refractivity contribution in [2.24, 2.45) is 0 Å². The lowest BCUT2D eigenvalue weighted by molar-refractivity contribution is 0.0942. The van der Waals surface area contributed by atoms with E-state index in [1.807, 2.05) is 42.5 Å². The van der Waals surface area contributed by atoms with Crippen molar-refractivity contribution in [1.82, 2.24) is 9.62 Å². The van der Waals surface area contributed by atoms with E-state index < -0.39 is 22.0 Å². The monoisotopic (exact) mass is 488 g/mol. The molecule has 0 bridgehead atoms. The van der Waals surface area contributed by atoms with Gasteiger partial charge in [-0.1, -0.05) is 65.7 Å². The highest BCUT2D eigenvalue weighted by molar-refractivity contribution is 7.89. The van der Waals surface area contributed by atoms with E-state index in [1.54, 1.807) is 12.1 Å². The summed E-state index contributed by atoms with van der Waals surface area (Å²) in [7, 11) is -3.76. The minimum atomic E-state index is -3.76. The van der Waals surface area contributed by atoms with E-state index in [0.717, 1.165) is 24.0 Å². The van der Waals surface area contributed by atoms with Crippen LogP contribution in [0.25, 0.3) is 0 Å². The number of carbonyl (C=O) groups excluding carboxylic acids is 1. The fraction of sp³-hybridized carbons (Fsp3) is 0.208. The summed E-state index contributed by atoms with van der Waals surface area (Å²) in [6.45, 7) is 0.920. The first-order valence-corrected chi connectivity index (χ1v) is 12.5. The summed E-state index contributed by atoms with van der Waals surface area (Å²) in [5, 5.41) is 3.72. The molecule has 0 saturated carbocycles. The highest BCUT2D eigenvalue weighted by atomic mass is 35.5. The molecule has 1 aliphatic heterocycles. The Bertz CT molecular complexity index is 1210. The van der Waals surface area contributed by atoms with Gasteiger partial charge in [-0.3, -0.25) is 4.79 Å². The average Bonchev–Trinajstić information content (AvgIpc) is 3.35. The maximum Gasteiger partial charge on any atom is 0.252 e. The zero-order valence-electron chi connectivity index (χ0n) is 17.2. The lowest BCUT2D eigenvalue weighted by atomic mass is 9.98. The van der Waals surface area contributed by atoms with Crippen molar-refractivity contribution in [1.29, 1.82) is 0 Å². The first kappa shape index (κ1) is 22.8. The van der Waals surface area contributed by atoms with Crippen LogP contribution >= 0.6 is 23.2 Å². The minimum absolute atomic E-state index is 0.0449. The third-order valence-corrected chi connectivity index (χ3v) is 8.12. The SMILES string of the molecule is O=C(NC(c1ccccc1)c1ccc(Cl)cc1)c1ccc(Cl)c(S(=O)(=O)N2CCCC2)c1. The van der Waals surface area contributed by atoms with Crippen LogP contribution in [-0.2, 0) is 10.0 Å². The van der Waals surface area contributed by atoms with Gasteiger partial charge in [0.2, 0.25) is 10.0 Å². The van der Waals surface area contributed by atoms with E-state index in [4.69, 9.17) is 23.2 Å². The van der Waals surface area contributed by atoms with Crippen LogP contribution in [0.15, 0.2) is 77.7 Å². The molecule has 1 heterocycles. The molecular formula is C24H22Cl2N2O3S. The molecule has 8 heteroatoms. The molecule has 0 aliphatic carbocycles. The van der Waals surface area contributed by atoms with Gasteiger partial charge in [0.1, 0.15) is 4.90 Å². The number of carbonyl (C=O) groups is 1. The number of nitrogens with one attached hydrogen (secondary N) is 1. The maximum atomic E-state index is 13.2. The molecule has 3 aromatic carbocycles. The Morgan fingerprint density at radius 3 is 2.16 bits per heavy atom. The summed E-state index contributed by atoms with van der Waals surface area (Å²) in [6, 6.07) is 20.7. The summed E-state index contributed by atoms with van der Waals surface area (Å²) in [6.07, 6.45) is 1.63. The van der Waals surface area contributed by atoms with Crippen LogP contribution in [0.2, 0.25) is 10.0 Å². The van der Waals surface area contributed by atoms with Crippen LogP contribution in [0.1, 0.15) is 40.4 Å². The number of rotatable bonds is 6. The molecule has 1 atom stereocenters. The lowest BCUT2D eigenvalue weighted by Gasteiger charge is -2.21. The molecule has 1 amide bonds. The van der Waals surface area contributed by atoms with Crippen LogP contribution in [0.3, 0.4) is 0 Å². The molecular weight excluding hydrogens is 467 g/mol. The number of hydrogen-bond donors (Lipinski definition) is 1. The van der Waals surface area contributed by atoms with Crippen molar-refractivity contribution in [3.05, 3.63) is 99.5 Å². The van der Waals surface area contributed by atoms with Crippen molar-refractivity contribution in [3.8, 4) is 0 Å². The van der Waals surface area contributed by atoms with Gasteiger partial charge in [0.15, 0.2) is 0 Å².